The number of nitrogens with zero attached hydrogens (tertiary/aromatic N) is 16. The van der Waals surface area contributed by atoms with Crippen molar-refractivity contribution >= 4 is 103 Å². The van der Waals surface area contributed by atoms with Crippen LogP contribution in [0, 0.1) is 39.4 Å². The summed E-state index contributed by atoms with van der Waals surface area (Å²) in [5, 5.41) is 13.7. The van der Waals surface area contributed by atoms with Crippen LogP contribution in [0.2, 0.25) is 5.02 Å². The highest BCUT2D eigenvalue weighted by Gasteiger charge is 2.31. The molecule has 4 aliphatic heterocycles. The summed E-state index contributed by atoms with van der Waals surface area (Å²) in [5.41, 5.74) is 19.3. The van der Waals surface area contributed by atoms with Gasteiger partial charge < -0.3 is 79.8 Å². The number of nitrogens with one attached hydrogen (secondary N) is 7. The molecule has 0 bridgehead atoms. The maximum atomic E-state index is 13.3. The first-order valence-electron chi connectivity index (χ1n) is 45.0. The second-order valence-electron chi connectivity index (χ2n) is 34.2. The van der Waals surface area contributed by atoms with Gasteiger partial charge in [0.2, 0.25) is 5.91 Å². The number of piperazine rings is 4. The van der Waals surface area contributed by atoms with Crippen molar-refractivity contribution in [2.75, 3.05) is 131 Å². The van der Waals surface area contributed by atoms with Crippen LogP contribution >= 0.6 is 11.6 Å². The summed E-state index contributed by atoms with van der Waals surface area (Å²) in [6, 6.07) is 63.2. The molecule has 8 aromatic heterocycles. The van der Waals surface area contributed by atoms with Gasteiger partial charge >= 0.3 is 18.1 Å². The van der Waals surface area contributed by atoms with Crippen molar-refractivity contribution in [3.8, 4) is 50.8 Å². The van der Waals surface area contributed by atoms with Crippen molar-refractivity contribution in [1.29, 1.82) is 0 Å². The summed E-state index contributed by atoms with van der Waals surface area (Å²) < 4.78 is 18.6. The number of rotatable bonds is 17. The lowest BCUT2D eigenvalue weighted by atomic mass is 10.0. The van der Waals surface area contributed by atoms with Crippen LogP contribution in [0.1, 0.15) is 84.0 Å². The van der Waals surface area contributed by atoms with E-state index in [1.54, 1.807) is 44.6 Å². The summed E-state index contributed by atoms with van der Waals surface area (Å²) in [5.74, 6) is 5.04. The van der Waals surface area contributed by atoms with E-state index >= 15 is 0 Å². The fourth-order valence-corrected chi connectivity index (χ4v) is 17.7. The Bertz CT molecular complexity index is 6450. The number of fused-ring (bicyclic) bond motifs is 4. The fourth-order valence-electron chi connectivity index (χ4n) is 17.5. The number of aromatic nitrogens is 12. The average molecular weight is 1780 g/mol. The number of urea groups is 3. The largest absolute Gasteiger partial charge is 0.497 e. The summed E-state index contributed by atoms with van der Waals surface area (Å²) in [4.78, 5) is 117. The number of carbonyl (C=O) groups excluding carboxylic acids is 4. The monoisotopic (exact) mass is 1780 g/mol. The number of aromatic amines is 4. The standard InChI is InChI=1S/C27H30N6O2.C25H25ClN6O.C25H25FN6O.C24H29N5O/c1-18-7-9-20(10-8-18)24-16-23-25(31-24)28-17-29-26(23)32-11-13-33(14-12-32)27(34)30-19(2)21-5-4-6-22(15-21)35-3;1-17-6-8-18(9-7-17)22-14-20-23(30-22)28-16-29-24(20)31-10-12-32(13-11-31)25(33)27-15-19-4-2-3-5-21(19)26;1-17-2-4-18(5-3-17)15-27-25(33)32-12-10-31(11-13-32)24-21-14-22(30-23(21)28-16-29-24)19-6-8-20(26)9-7-19;1-17-6-8-19(9-7-17)21-15-20-23(27-21)25-16-26-24(20)29-12-10-28(11-13-29)22(30)14-18-4-2-3-5-18/h4-10,15-17,19H,11-14H2,1-3H3,(H,30,34)(H,28,29,31);2*2-9,14,16H,10-13,15H2,1H3,(H,27,33)(H,28,29,30);6-9,15-16,18H,2-5,10-14H2,1H3,(H,25,26,27)/t19-;;;/m1.../s1. The number of hydrogen-bond donors (Lipinski definition) is 7. The Kier molecular flexibility index (Phi) is 27.6. The zero-order valence-electron chi connectivity index (χ0n) is 74.7. The number of amides is 7. The van der Waals surface area contributed by atoms with Crippen molar-refractivity contribution in [1.82, 2.24) is 95.4 Å². The maximum absolute atomic E-state index is 13.3. The van der Waals surface area contributed by atoms with Crippen LogP contribution in [0.15, 0.2) is 219 Å². The number of H-pyrrole nitrogens is 4. The molecule has 1 aliphatic carbocycles. The predicted molar refractivity (Wildman–Crippen MR) is 515 cm³/mol. The number of carbonyl (C=O) groups is 4. The summed E-state index contributed by atoms with van der Waals surface area (Å²) >= 11 is 6.19. The zero-order valence-corrected chi connectivity index (χ0v) is 75.4. The molecule has 0 unspecified atom stereocenters. The number of benzene rings is 7. The Hall–Kier alpha value is -14.5. The third-order valence-electron chi connectivity index (χ3n) is 25.2. The first kappa shape index (κ1) is 88.5. The summed E-state index contributed by atoms with van der Waals surface area (Å²) in [6.45, 7) is 22.3. The topological polar surface area (TPSA) is 306 Å². The molecule has 0 radical (unpaired) electrons. The number of halogens is 2. The number of methoxy groups -OCH3 is 1. The number of anilines is 4. The van der Waals surface area contributed by atoms with Crippen molar-refractivity contribution < 1.29 is 28.3 Å². The van der Waals surface area contributed by atoms with Crippen LogP contribution in [0.3, 0.4) is 0 Å². The average Bonchev–Trinajstić information content (AvgIpc) is 1.67. The van der Waals surface area contributed by atoms with E-state index in [0.717, 1.165) is 167 Å². The van der Waals surface area contributed by atoms with Gasteiger partial charge in [-0.05, 0) is 159 Å². The van der Waals surface area contributed by atoms with E-state index < -0.39 is 0 Å². The minimum absolute atomic E-state index is 0.0525. The van der Waals surface area contributed by atoms with Crippen molar-refractivity contribution in [2.24, 2.45) is 5.92 Å². The molecule has 15 aromatic rings. The van der Waals surface area contributed by atoms with Crippen molar-refractivity contribution in [2.45, 2.75) is 85.9 Å². The Morgan fingerprint density at radius 2 is 0.763 bits per heavy atom. The lowest BCUT2D eigenvalue weighted by molar-refractivity contribution is -0.132. The van der Waals surface area contributed by atoms with Crippen LogP contribution in [-0.2, 0) is 17.9 Å². The van der Waals surface area contributed by atoms with E-state index in [9.17, 15) is 23.6 Å². The molecular weight excluding hydrogens is 1670 g/mol. The van der Waals surface area contributed by atoms with Gasteiger partial charge in [0.25, 0.3) is 0 Å². The van der Waals surface area contributed by atoms with Gasteiger partial charge in [-0.2, -0.15) is 0 Å². The normalized spacial score (nSPS) is 15.1. The molecule has 5 fully saturated rings. The molecule has 672 valence electrons. The van der Waals surface area contributed by atoms with Gasteiger partial charge in [0, 0.05) is 152 Å². The molecule has 7 amide bonds. The van der Waals surface area contributed by atoms with Crippen molar-refractivity contribution in [3.63, 3.8) is 0 Å². The Morgan fingerprint density at radius 1 is 0.412 bits per heavy atom. The van der Waals surface area contributed by atoms with E-state index in [-0.39, 0.29) is 30.0 Å². The fraction of sp³-hybridized carbons (Fsp3) is 0.307. The first-order valence-corrected chi connectivity index (χ1v) is 45.3. The SMILES string of the molecule is COc1cccc([C@@H](C)NC(=O)N2CCN(c3ncnc4[nH]c(-c5ccc(C)cc5)cc34)CC2)c1.Cc1ccc(-c2cc3c(N4CCN(C(=O)CC5CCCC5)CC4)ncnc3[nH]2)cc1.Cc1ccc(-c2cc3c(N4CCN(C(=O)NCc5ccccc5Cl)CC4)ncnc3[nH]2)cc1.Cc1ccc(CNC(=O)N2CCN(c3ncnc4[nH]c(-c5ccc(F)cc5)cc34)CC2)cc1. The molecule has 28 nitrogen and oxygen atoms in total. The third-order valence-corrected chi connectivity index (χ3v) is 25.6. The minimum atomic E-state index is -0.267. The molecule has 5 aliphatic rings. The van der Waals surface area contributed by atoms with Gasteiger partial charge in [-0.25, -0.2) is 58.6 Å². The number of hydrogen-bond acceptors (Lipinski definition) is 17. The molecule has 12 heterocycles. The number of aryl methyl sites for hydroxylation is 4. The highest BCUT2D eigenvalue weighted by Crippen LogP contribution is 2.37. The minimum Gasteiger partial charge on any atom is -0.497 e. The van der Waals surface area contributed by atoms with Gasteiger partial charge in [0.15, 0.2) is 0 Å². The van der Waals surface area contributed by atoms with Crippen molar-refractivity contribution in [3.05, 3.63) is 269 Å². The zero-order chi connectivity index (χ0) is 90.4. The van der Waals surface area contributed by atoms with E-state index in [1.807, 2.05) is 112 Å². The van der Waals surface area contributed by atoms with Gasteiger partial charge in [0.1, 0.15) is 82.7 Å². The highest BCUT2D eigenvalue weighted by molar-refractivity contribution is 6.31. The van der Waals surface area contributed by atoms with E-state index in [2.05, 4.69) is 207 Å². The maximum Gasteiger partial charge on any atom is 0.317 e. The molecule has 1 atom stereocenters. The molecule has 1 saturated carbocycles. The van der Waals surface area contributed by atoms with E-state index in [4.69, 9.17) is 16.3 Å². The van der Waals surface area contributed by atoms with Crippen LogP contribution in [0.4, 0.5) is 42.0 Å². The smallest absolute Gasteiger partial charge is 0.317 e. The Labute approximate surface area is 765 Å². The van der Waals surface area contributed by atoms with Crippen LogP contribution in [-0.4, -0.2) is 215 Å². The lowest BCUT2D eigenvalue weighted by Gasteiger charge is -2.36. The van der Waals surface area contributed by atoms with E-state index in [0.29, 0.717) is 108 Å². The van der Waals surface area contributed by atoms with Gasteiger partial charge in [-0.3, -0.25) is 4.79 Å². The molecule has 7 N–H and O–H groups in total. The Balaban J connectivity index is 0.000000122. The second-order valence-corrected chi connectivity index (χ2v) is 34.6. The van der Waals surface area contributed by atoms with Gasteiger partial charge in [-0.15, -0.1) is 0 Å². The molecule has 131 heavy (non-hydrogen) atoms. The summed E-state index contributed by atoms with van der Waals surface area (Å²) in [7, 11) is 1.64. The molecule has 7 aromatic carbocycles. The predicted octanol–water partition coefficient (Wildman–Crippen LogP) is 17.4. The van der Waals surface area contributed by atoms with Crippen LogP contribution in [0.5, 0.6) is 5.75 Å². The molecular formula is C101H109ClFN23O5. The van der Waals surface area contributed by atoms with Crippen LogP contribution < -0.4 is 40.3 Å². The molecule has 20 rings (SSSR count). The molecule has 30 heteroatoms. The number of ether oxygens (including phenoxy) is 1. The summed E-state index contributed by atoms with van der Waals surface area (Å²) in [6.07, 6.45) is 12.1. The third kappa shape index (κ3) is 21.4. The van der Waals surface area contributed by atoms with E-state index in [1.165, 1.54) is 60.1 Å². The first-order chi connectivity index (χ1) is 63.8. The van der Waals surface area contributed by atoms with Gasteiger partial charge in [0.05, 0.1) is 34.7 Å². The second kappa shape index (κ2) is 40.9. The molecule has 0 spiro atoms. The lowest BCUT2D eigenvalue weighted by Crippen LogP contribution is -2.52. The van der Waals surface area contributed by atoms with Crippen LogP contribution in [0.25, 0.3) is 89.2 Å². The highest BCUT2D eigenvalue weighted by atomic mass is 35.5. The Morgan fingerprint density at radius 3 is 1.15 bits per heavy atom. The quantitative estimate of drug-likeness (QED) is 0.0445. The molecule has 4 saturated heterocycles. The van der Waals surface area contributed by atoms with Gasteiger partial charge in [-0.1, -0.05) is 174 Å².